The zero-order valence-corrected chi connectivity index (χ0v) is 41.6. The number of piperazine rings is 1. The van der Waals surface area contributed by atoms with E-state index < -0.39 is 47.0 Å². The number of pyridine rings is 1. The third-order valence-electron chi connectivity index (χ3n) is 13.5. The van der Waals surface area contributed by atoms with Crippen LogP contribution < -0.4 is 15.6 Å². The topological polar surface area (TPSA) is 186 Å². The predicted octanol–water partition coefficient (Wildman–Crippen LogP) is 5.97. The fraction of sp³-hybridized carbons (Fsp3) is 0.600. The summed E-state index contributed by atoms with van der Waals surface area (Å²) in [6.07, 6.45) is 2.80. The van der Waals surface area contributed by atoms with Gasteiger partial charge in [0.15, 0.2) is 0 Å². The summed E-state index contributed by atoms with van der Waals surface area (Å²) in [5.74, 6) is -1.74. The van der Waals surface area contributed by atoms with Gasteiger partial charge in [0.05, 0.1) is 54.4 Å². The number of rotatable bonds is 12. The van der Waals surface area contributed by atoms with Gasteiger partial charge in [-0.2, -0.15) is 5.26 Å². The zero-order valence-electron chi connectivity index (χ0n) is 40.8. The number of carbonyl (C=O) groups is 3. The minimum Gasteiger partial charge on any atom is -0.464 e. The third kappa shape index (κ3) is 10.3. The largest absolute Gasteiger partial charge is 0.464 e. The Labute approximate surface area is 403 Å². The fourth-order valence-corrected chi connectivity index (χ4v) is 10.6. The Kier molecular flexibility index (Phi) is 15.2. The number of nitriles is 1. The summed E-state index contributed by atoms with van der Waals surface area (Å²) in [5.41, 5.74) is 8.19. The van der Waals surface area contributed by atoms with E-state index in [1.165, 1.54) is 16.3 Å². The van der Waals surface area contributed by atoms with Crippen LogP contribution in [0.25, 0.3) is 33.4 Å². The third-order valence-corrected chi connectivity index (χ3v) is 14.4. The molecule has 68 heavy (non-hydrogen) atoms. The van der Waals surface area contributed by atoms with Gasteiger partial charge < -0.3 is 43.4 Å². The summed E-state index contributed by atoms with van der Waals surface area (Å²) < 4.78 is 32.9. The van der Waals surface area contributed by atoms with Gasteiger partial charge in [-0.1, -0.05) is 19.9 Å². The molecule has 0 saturated carbocycles. The van der Waals surface area contributed by atoms with Crippen molar-refractivity contribution in [3.8, 4) is 28.6 Å². The number of nitrogens with one attached hydrogen (secondary N) is 2. The number of hydrogen-bond acceptors (Lipinski definition) is 15. The van der Waals surface area contributed by atoms with Crippen LogP contribution in [-0.2, 0) is 51.0 Å². The van der Waals surface area contributed by atoms with E-state index in [1.807, 2.05) is 39.3 Å². The summed E-state index contributed by atoms with van der Waals surface area (Å²) in [5, 5.41) is 17.8. The molecule has 4 aromatic rings. The van der Waals surface area contributed by atoms with Gasteiger partial charge in [-0.15, -0.1) is 11.3 Å². The van der Waals surface area contributed by atoms with Crippen LogP contribution in [0.5, 0.6) is 0 Å². The molecule has 3 aromatic heterocycles. The van der Waals surface area contributed by atoms with Gasteiger partial charge >= 0.3 is 5.97 Å². The molecule has 2 amide bonds. The number of aromatic nitrogens is 3. The van der Waals surface area contributed by atoms with Crippen molar-refractivity contribution in [2.45, 2.75) is 116 Å². The average Bonchev–Trinajstić information content (AvgIpc) is 4.10. The van der Waals surface area contributed by atoms with Gasteiger partial charge in [0.25, 0.3) is 11.8 Å². The summed E-state index contributed by atoms with van der Waals surface area (Å²) in [6.45, 7) is 17.6. The molecule has 1 aromatic carbocycles. The quantitative estimate of drug-likeness (QED) is 0.158. The number of methoxy groups -OCH3 is 1. The van der Waals surface area contributed by atoms with E-state index >= 15 is 0 Å². The SMILES string of the molecule is CCO[C@@H]1c2nc(cs2)-c2ccc3c(c2)c(c(-c2cc(N4CCN(C)CC4)cnc2[C@H](C)OC)n3CCOC(C)C)CC(C)(C)COC(=O)[C@@H]2CCCN(N2)C(=O)[C@H]1NC(=O)[C@]1(C#N)CCCO1. The molecule has 0 radical (unpaired) electrons. The van der Waals surface area contributed by atoms with E-state index in [0.717, 1.165) is 70.8 Å². The van der Waals surface area contributed by atoms with Crippen LogP contribution in [-0.4, -0.2) is 139 Å². The lowest BCUT2D eigenvalue weighted by Gasteiger charge is -2.37. The Morgan fingerprint density at radius 3 is 2.62 bits per heavy atom. The van der Waals surface area contributed by atoms with E-state index in [4.69, 9.17) is 33.7 Å². The molecule has 366 valence electrons. The van der Waals surface area contributed by atoms with Crippen LogP contribution >= 0.6 is 11.3 Å². The number of esters is 1. The molecule has 4 aliphatic rings. The number of carbonyl (C=O) groups excluding carboxylic acids is 3. The van der Waals surface area contributed by atoms with Crippen LogP contribution in [0.4, 0.5) is 5.69 Å². The molecule has 4 aliphatic heterocycles. The minimum absolute atomic E-state index is 0.0270. The van der Waals surface area contributed by atoms with Crippen molar-refractivity contribution in [1.82, 2.24) is 35.2 Å². The number of hydrogen-bond donors (Lipinski definition) is 2. The molecular formula is C50H67N9O8S. The molecule has 0 aliphatic carbocycles. The molecule has 18 heteroatoms. The van der Waals surface area contributed by atoms with Gasteiger partial charge in [-0.05, 0) is 84.2 Å². The first-order valence-corrected chi connectivity index (χ1v) is 24.9. The predicted molar refractivity (Wildman–Crippen MR) is 259 cm³/mol. The van der Waals surface area contributed by atoms with Gasteiger partial charge in [-0.25, -0.2) is 10.4 Å². The molecule has 5 atom stereocenters. The normalized spacial score (nSPS) is 24.2. The second-order valence-corrected chi connectivity index (χ2v) is 20.4. The van der Waals surface area contributed by atoms with Crippen molar-refractivity contribution < 1.29 is 38.1 Å². The van der Waals surface area contributed by atoms with E-state index in [2.05, 4.69) is 76.3 Å². The maximum atomic E-state index is 14.8. The Hall–Kier alpha value is -5.00. The highest BCUT2D eigenvalue weighted by Gasteiger charge is 2.48. The molecule has 0 unspecified atom stereocenters. The smallest absolute Gasteiger partial charge is 0.324 e. The Morgan fingerprint density at radius 2 is 1.91 bits per heavy atom. The van der Waals surface area contributed by atoms with Crippen LogP contribution in [0.1, 0.15) is 95.7 Å². The fourth-order valence-electron chi connectivity index (χ4n) is 9.71. The monoisotopic (exact) mass is 953 g/mol. The van der Waals surface area contributed by atoms with Crippen LogP contribution in [0.3, 0.4) is 0 Å². The summed E-state index contributed by atoms with van der Waals surface area (Å²) >= 11 is 1.33. The standard InChI is InChI=1S/C50H67N9O8S/c1-9-64-44-42(54-48(62)50(29-51)15-11-22-67-50)46(60)59-16-10-12-38(55-59)47(61)66-30-49(5,6)26-37-35-24-33(39-28-68-45(44)53-39)13-14-40(35)58(21-23-65-31(2)3)43(37)36-25-34(27-52-41(36)32(4)63-8)57-19-17-56(7)18-20-57/h13-14,24-25,27-28,31-32,38,42,44,55H,9-12,15-23,26,30H2,1-8H3,(H,54,62)/t32-,38-,42-,44-,50+/m0/s1. The van der Waals surface area contributed by atoms with Gasteiger partial charge in [-0.3, -0.25) is 24.4 Å². The maximum absolute atomic E-state index is 14.8. The molecule has 3 saturated heterocycles. The van der Waals surface area contributed by atoms with Crippen molar-refractivity contribution >= 4 is 45.7 Å². The minimum atomic E-state index is -1.75. The van der Waals surface area contributed by atoms with E-state index in [1.54, 1.807) is 7.11 Å². The Morgan fingerprint density at radius 1 is 1.12 bits per heavy atom. The summed E-state index contributed by atoms with van der Waals surface area (Å²) in [4.78, 5) is 58.0. The van der Waals surface area contributed by atoms with E-state index in [-0.39, 0.29) is 45.0 Å². The second-order valence-electron chi connectivity index (χ2n) is 19.5. The van der Waals surface area contributed by atoms with Crippen LogP contribution in [0.2, 0.25) is 0 Å². The average molecular weight is 954 g/mol. The first-order chi connectivity index (χ1) is 32.7. The lowest BCUT2D eigenvalue weighted by molar-refractivity contribution is -0.157. The number of nitrogens with zero attached hydrogens (tertiary/aromatic N) is 7. The second kappa shape index (κ2) is 20.9. The molecule has 6 bridgehead atoms. The molecule has 8 rings (SSSR count). The van der Waals surface area contributed by atoms with Crippen molar-refractivity contribution in [3.05, 3.63) is 52.1 Å². The number of ether oxygens (including phenoxy) is 5. The van der Waals surface area contributed by atoms with Crippen LogP contribution in [0.15, 0.2) is 35.8 Å². The number of fused-ring (bicyclic) bond motifs is 6. The Balaban J connectivity index is 1.32. The lowest BCUT2D eigenvalue weighted by Crippen LogP contribution is -2.62. The summed E-state index contributed by atoms with van der Waals surface area (Å²) in [7, 11) is 3.86. The molecular weight excluding hydrogens is 887 g/mol. The number of amides is 2. The van der Waals surface area contributed by atoms with E-state index in [9.17, 15) is 19.6 Å². The van der Waals surface area contributed by atoms with Crippen molar-refractivity contribution in [2.24, 2.45) is 5.41 Å². The maximum Gasteiger partial charge on any atom is 0.324 e. The van der Waals surface area contributed by atoms with Gasteiger partial charge in [0, 0.05) is 98.8 Å². The molecule has 2 N–H and O–H groups in total. The first-order valence-electron chi connectivity index (χ1n) is 24.1. The lowest BCUT2D eigenvalue weighted by atomic mass is 9.84. The Bertz CT molecular complexity index is 2500. The number of hydrazine groups is 1. The number of anilines is 1. The number of benzene rings is 1. The molecule has 0 spiro atoms. The highest BCUT2D eigenvalue weighted by molar-refractivity contribution is 7.10. The highest BCUT2D eigenvalue weighted by Crippen LogP contribution is 2.43. The highest BCUT2D eigenvalue weighted by atomic mass is 32.1. The first kappa shape index (κ1) is 49.4. The molecule has 3 fully saturated rings. The number of thiazole rings is 1. The molecule has 17 nitrogen and oxygen atoms in total. The van der Waals surface area contributed by atoms with Crippen molar-refractivity contribution in [2.75, 3.05) is 78.2 Å². The molecule has 7 heterocycles. The number of cyclic esters (lactones) is 1. The van der Waals surface area contributed by atoms with Crippen LogP contribution in [0, 0.1) is 16.7 Å². The van der Waals surface area contributed by atoms with Crippen molar-refractivity contribution in [1.29, 1.82) is 5.26 Å². The van der Waals surface area contributed by atoms with E-state index in [0.29, 0.717) is 49.5 Å². The summed E-state index contributed by atoms with van der Waals surface area (Å²) in [6, 6.07) is 8.52. The van der Waals surface area contributed by atoms with Gasteiger partial charge in [0.1, 0.15) is 29.3 Å². The number of likely N-dealkylation sites (N-methyl/N-ethyl adjacent to an activating group) is 1. The van der Waals surface area contributed by atoms with Gasteiger partial charge in [0.2, 0.25) is 5.60 Å². The zero-order chi connectivity index (χ0) is 48.3. The van der Waals surface area contributed by atoms with Crippen molar-refractivity contribution in [3.63, 3.8) is 0 Å².